The number of hydrogen-bond acceptors (Lipinski definition) is 2. The lowest BCUT2D eigenvalue weighted by molar-refractivity contribution is -0.144. The van der Waals surface area contributed by atoms with Crippen molar-refractivity contribution >= 4 is 12.0 Å². The maximum absolute atomic E-state index is 11.6. The fourth-order valence-corrected chi connectivity index (χ4v) is 1.95. The molecule has 0 aromatic carbocycles. The van der Waals surface area contributed by atoms with Crippen LogP contribution < -0.4 is 10.6 Å². The quantitative estimate of drug-likeness (QED) is 0.663. The molecular weight excluding hydrogens is 220 g/mol. The lowest BCUT2D eigenvalue weighted by Gasteiger charge is -2.28. The van der Waals surface area contributed by atoms with Crippen LogP contribution in [0.25, 0.3) is 0 Å². The van der Waals surface area contributed by atoms with Gasteiger partial charge in [0, 0.05) is 6.54 Å². The highest BCUT2D eigenvalue weighted by molar-refractivity contribution is 5.85. The summed E-state index contributed by atoms with van der Waals surface area (Å²) in [5.41, 5.74) is -1.17. The third-order valence-electron chi connectivity index (χ3n) is 3.39. The minimum absolute atomic E-state index is 0.379. The molecule has 1 aliphatic carbocycles. The predicted octanol–water partition coefficient (Wildman–Crippen LogP) is 1.73. The molecule has 0 aliphatic heterocycles. The molecule has 0 saturated heterocycles. The Morgan fingerprint density at radius 2 is 2.06 bits per heavy atom. The van der Waals surface area contributed by atoms with Gasteiger partial charge in [0.1, 0.15) is 5.54 Å². The van der Waals surface area contributed by atoms with E-state index >= 15 is 0 Å². The van der Waals surface area contributed by atoms with Crippen molar-refractivity contribution in [2.75, 3.05) is 6.54 Å². The van der Waals surface area contributed by atoms with Crippen LogP contribution in [0.2, 0.25) is 0 Å². The van der Waals surface area contributed by atoms with E-state index in [0.29, 0.717) is 25.3 Å². The molecule has 1 unspecified atom stereocenters. The van der Waals surface area contributed by atoms with Crippen molar-refractivity contribution in [3.63, 3.8) is 0 Å². The van der Waals surface area contributed by atoms with Crippen LogP contribution >= 0.6 is 0 Å². The van der Waals surface area contributed by atoms with Crippen molar-refractivity contribution in [2.24, 2.45) is 5.92 Å². The average Bonchev–Trinajstić information content (AvgIpc) is 2.15. The molecule has 2 amide bonds. The monoisotopic (exact) mass is 242 g/mol. The summed E-state index contributed by atoms with van der Waals surface area (Å²) >= 11 is 0. The predicted molar refractivity (Wildman–Crippen MR) is 64.8 cm³/mol. The zero-order valence-corrected chi connectivity index (χ0v) is 10.6. The van der Waals surface area contributed by atoms with Gasteiger partial charge in [0.15, 0.2) is 0 Å². The second-order valence-electron chi connectivity index (χ2n) is 5.02. The normalized spacial score (nSPS) is 18.9. The summed E-state index contributed by atoms with van der Waals surface area (Å²) in [7, 11) is 0. The van der Waals surface area contributed by atoms with Gasteiger partial charge in [-0.25, -0.2) is 9.59 Å². The molecular formula is C12H22N2O3. The van der Waals surface area contributed by atoms with E-state index in [1.165, 1.54) is 6.42 Å². The third-order valence-corrected chi connectivity index (χ3v) is 3.39. The summed E-state index contributed by atoms with van der Waals surface area (Å²) < 4.78 is 0. The second kappa shape index (κ2) is 5.89. The van der Waals surface area contributed by atoms with Gasteiger partial charge in [-0.3, -0.25) is 0 Å². The molecule has 3 N–H and O–H groups in total. The smallest absolute Gasteiger partial charge is 0.329 e. The van der Waals surface area contributed by atoms with Crippen molar-refractivity contribution in [1.82, 2.24) is 10.6 Å². The van der Waals surface area contributed by atoms with Crippen molar-refractivity contribution in [1.29, 1.82) is 0 Å². The van der Waals surface area contributed by atoms with Gasteiger partial charge in [-0.1, -0.05) is 19.8 Å². The maximum atomic E-state index is 11.6. The molecule has 0 aromatic rings. The zero-order valence-electron chi connectivity index (χ0n) is 10.6. The Kier molecular flexibility index (Phi) is 4.78. The Balaban J connectivity index is 2.37. The lowest BCUT2D eigenvalue weighted by Crippen LogP contribution is -2.55. The van der Waals surface area contributed by atoms with Crippen LogP contribution in [0.1, 0.15) is 46.0 Å². The molecule has 17 heavy (non-hydrogen) atoms. The first kappa shape index (κ1) is 13.8. The molecule has 0 bridgehead atoms. The van der Waals surface area contributed by atoms with Crippen molar-refractivity contribution in [2.45, 2.75) is 51.5 Å². The Bertz CT molecular complexity index is 289. The maximum Gasteiger partial charge on any atom is 0.329 e. The molecule has 0 radical (unpaired) electrons. The number of aliphatic carboxylic acids is 1. The van der Waals surface area contributed by atoms with Crippen molar-refractivity contribution in [3.8, 4) is 0 Å². The summed E-state index contributed by atoms with van der Waals surface area (Å²) in [4.78, 5) is 22.7. The molecule has 1 fully saturated rings. The van der Waals surface area contributed by atoms with E-state index in [-0.39, 0.29) is 6.03 Å². The van der Waals surface area contributed by atoms with Crippen LogP contribution in [0, 0.1) is 5.92 Å². The van der Waals surface area contributed by atoms with Gasteiger partial charge in [-0.2, -0.15) is 0 Å². The van der Waals surface area contributed by atoms with Gasteiger partial charge >= 0.3 is 12.0 Å². The minimum Gasteiger partial charge on any atom is -0.480 e. The first-order valence-corrected chi connectivity index (χ1v) is 6.27. The Hall–Kier alpha value is -1.26. The molecule has 0 spiro atoms. The molecule has 5 heteroatoms. The first-order chi connectivity index (χ1) is 7.98. The number of amides is 2. The van der Waals surface area contributed by atoms with Crippen LogP contribution in [0.4, 0.5) is 4.79 Å². The number of urea groups is 1. The minimum atomic E-state index is -1.17. The van der Waals surface area contributed by atoms with E-state index in [4.69, 9.17) is 5.11 Å². The largest absolute Gasteiger partial charge is 0.480 e. The number of carboxylic acids is 1. The first-order valence-electron chi connectivity index (χ1n) is 6.27. The molecule has 1 saturated carbocycles. The fraction of sp³-hybridized carbons (Fsp3) is 0.833. The topological polar surface area (TPSA) is 78.4 Å². The molecule has 5 nitrogen and oxygen atoms in total. The molecule has 0 aromatic heterocycles. The van der Waals surface area contributed by atoms with Gasteiger partial charge < -0.3 is 15.7 Å². The van der Waals surface area contributed by atoms with Crippen LogP contribution in [-0.2, 0) is 4.79 Å². The highest BCUT2D eigenvalue weighted by Crippen LogP contribution is 2.25. The zero-order chi connectivity index (χ0) is 12.9. The molecule has 1 rings (SSSR count). The van der Waals surface area contributed by atoms with Gasteiger partial charge in [0.2, 0.25) is 0 Å². The van der Waals surface area contributed by atoms with Crippen LogP contribution in [-0.4, -0.2) is 29.2 Å². The van der Waals surface area contributed by atoms with Gasteiger partial charge in [0.05, 0.1) is 0 Å². The summed E-state index contributed by atoms with van der Waals surface area (Å²) in [5, 5.41) is 14.4. The van der Waals surface area contributed by atoms with E-state index in [0.717, 1.165) is 12.8 Å². The Morgan fingerprint density at radius 3 is 2.47 bits per heavy atom. The summed E-state index contributed by atoms with van der Waals surface area (Å²) in [6, 6.07) is -0.379. The lowest BCUT2D eigenvalue weighted by atomic mass is 9.85. The highest BCUT2D eigenvalue weighted by atomic mass is 16.4. The molecule has 98 valence electrons. The van der Waals surface area contributed by atoms with E-state index in [1.54, 1.807) is 6.92 Å². The number of carbonyl (C=O) groups excluding carboxylic acids is 1. The Morgan fingerprint density at radius 1 is 1.41 bits per heavy atom. The van der Waals surface area contributed by atoms with Crippen molar-refractivity contribution in [3.05, 3.63) is 0 Å². The summed E-state index contributed by atoms with van der Waals surface area (Å²) in [5.74, 6) is -0.416. The number of rotatable bonds is 6. The van der Waals surface area contributed by atoms with Crippen LogP contribution in [0.3, 0.4) is 0 Å². The summed E-state index contributed by atoms with van der Waals surface area (Å²) in [6.45, 7) is 4.09. The van der Waals surface area contributed by atoms with Crippen LogP contribution in [0.15, 0.2) is 0 Å². The van der Waals surface area contributed by atoms with Gasteiger partial charge in [-0.15, -0.1) is 0 Å². The number of nitrogens with one attached hydrogen (secondary N) is 2. The number of hydrogen-bond donors (Lipinski definition) is 3. The SMILES string of the molecule is CCCC(C)(NC(=O)NCC1CCC1)C(=O)O. The average molecular weight is 242 g/mol. The fourth-order valence-electron chi connectivity index (χ4n) is 1.95. The second-order valence-corrected chi connectivity index (χ2v) is 5.02. The van der Waals surface area contributed by atoms with E-state index in [2.05, 4.69) is 10.6 Å². The molecule has 1 atom stereocenters. The summed E-state index contributed by atoms with van der Waals surface area (Å²) in [6.07, 6.45) is 4.69. The van der Waals surface area contributed by atoms with Crippen molar-refractivity contribution < 1.29 is 14.7 Å². The number of carbonyl (C=O) groups is 2. The van der Waals surface area contributed by atoms with Crippen LogP contribution in [0.5, 0.6) is 0 Å². The van der Waals surface area contributed by atoms with E-state index in [1.807, 2.05) is 6.92 Å². The van der Waals surface area contributed by atoms with Gasteiger partial charge in [0.25, 0.3) is 0 Å². The highest BCUT2D eigenvalue weighted by Gasteiger charge is 2.33. The Labute approximate surface area is 102 Å². The molecule has 1 aliphatic rings. The van der Waals surface area contributed by atoms with E-state index < -0.39 is 11.5 Å². The standard InChI is InChI=1S/C12H22N2O3/c1-3-7-12(2,10(15)16)14-11(17)13-8-9-5-4-6-9/h9H,3-8H2,1-2H3,(H,15,16)(H2,13,14,17). The van der Waals surface area contributed by atoms with Gasteiger partial charge in [-0.05, 0) is 32.1 Å². The number of carboxylic acid groups (broad SMARTS) is 1. The third kappa shape index (κ3) is 3.91. The molecule has 0 heterocycles. The van der Waals surface area contributed by atoms with E-state index in [9.17, 15) is 9.59 Å².